The minimum Gasteiger partial charge on any atom is -0.497 e. The molecular formula is C33H29F3N4O5S. The SMILES string of the molecule is COc1ccc(CN(c2cccnn2)S(=O)(=O)c2ccc3c(ccc(=O)n3-c3ccc(C4CC(C(F)(F)F)C4)cc3OC)c2)cc1. The Morgan fingerprint density at radius 1 is 0.935 bits per heavy atom. The molecule has 0 amide bonds. The molecule has 13 heteroatoms. The van der Waals surface area contributed by atoms with Gasteiger partial charge in [0.25, 0.3) is 15.6 Å². The van der Waals surface area contributed by atoms with E-state index in [9.17, 15) is 26.4 Å². The summed E-state index contributed by atoms with van der Waals surface area (Å²) in [6.07, 6.45) is -2.77. The van der Waals surface area contributed by atoms with Crippen molar-refractivity contribution in [3.05, 3.63) is 113 Å². The van der Waals surface area contributed by atoms with Gasteiger partial charge >= 0.3 is 6.18 Å². The molecule has 6 rings (SSSR count). The van der Waals surface area contributed by atoms with Gasteiger partial charge in [-0.25, -0.2) is 12.7 Å². The van der Waals surface area contributed by atoms with Crippen molar-refractivity contribution in [2.24, 2.45) is 5.92 Å². The maximum atomic E-state index is 14.1. The number of fused-ring (bicyclic) bond motifs is 1. The summed E-state index contributed by atoms with van der Waals surface area (Å²) in [5.74, 6) is -0.520. The highest BCUT2D eigenvalue weighted by Gasteiger charge is 2.48. The van der Waals surface area contributed by atoms with E-state index >= 15 is 0 Å². The van der Waals surface area contributed by atoms with E-state index in [4.69, 9.17) is 9.47 Å². The van der Waals surface area contributed by atoms with E-state index in [1.54, 1.807) is 67.8 Å². The van der Waals surface area contributed by atoms with Crippen LogP contribution in [0.3, 0.4) is 0 Å². The molecule has 0 saturated heterocycles. The third kappa shape index (κ3) is 5.89. The molecule has 1 fully saturated rings. The molecule has 0 radical (unpaired) electrons. The molecule has 46 heavy (non-hydrogen) atoms. The van der Waals surface area contributed by atoms with Gasteiger partial charge in [0.05, 0.1) is 42.8 Å². The summed E-state index contributed by atoms with van der Waals surface area (Å²) in [5, 5.41) is 8.38. The molecular weight excluding hydrogens is 621 g/mol. The van der Waals surface area contributed by atoms with Crippen LogP contribution in [0, 0.1) is 5.92 Å². The fourth-order valence-electron chi connectivity index (χ4n) is 5.66. The molecule has 0 aliphatic heterocycles. The average molecular weight is 651 g/mol. The van der Waals surface area contributed by atoms with Crippen molar-refractivity contribution in [3.63, 3.8) is 0 Å². The van der Waals surface area contributed by atoms with Crippen LogP contribution in [0.15, 0.2) is 101 Å². The zero-order valence-corrected chi connectivity index (χ0v) is 25.6. The van der Waals surface area contributed by atoms with Crippen LogP contribution in [0.4, 0.5) is 19.0 Å². The predicted molar refractivity (Wildman–Crippen MR) is 166 cm³/mol. The number of ether oxygens (including phenoxy) is 2. The van der Waals surface area contributed by atoms with Gasteiger partial charge < -0.3 is 9.47 Å². The summed E-state index contributed by atoms with van der Waals surface area (Å²) in [4.78, 5) is 13.2. The molecule has 0 bridgehead atoms. The van der Waals surface area contributed by atoms with Crippen LogP contribution < -0.4 is 19.3 Å². The molecule has 0 unspecified atom stereocenters. The number of sulfonamides is 1. The van der Waals surface area contributed by atoms with Crippen molar-refractivity contribution in [2.45, 2.75) is 36.4 Å². The Labute approximate surface area is 262 Å². The number of methoxy groups -OCH3 is 2. The van der Waals surface area contributed by atoms with Gasteiger partial charge in [0.15, 0.2) is 5.82 Å². The summed E-state index contributed by atoms with van der Waals surface area (Å²) in [5.41, 5.74) is 1.79. The van der Waals surface area contributed by atoms with Gasteiger partial charge in [0, 0.05) is 17.6 Å². The van der Waals surface area contributed by atoms with E-state index in [1.165, 1.54) is 42.1 Å². The van der Waals surface area contributed by atoms with Crippen LogP contribution in [-0.4, -0.2) is 43.6 Å². The number of pyridine rings is 1. The Hall–Kier alpha value is -4.91. The standard InChI is InChI=1S/C33H29F3N4O5S/c1-44-26-9-5-21(6-10-26)20-39(31-4-3-15-37-38-31)46(42,43)27-11-13-28-23(18-27)8-14-32(41)40(28)29-12-7-22(19-30(29)45-2)24-16-25(17-24)33(34,35)36/h3-15,18-19,24-25H,16-17,20H2,1-2H3. The molecule has 2 heterocycles. The molecule has 238 valence electrons. The third-order valence-electron chi connectivity index (χ3n) is 8.27. The van der Waals surface area contributed by atoms with E-state index in [-0.39, 0.29) is 36.0 Å². The smallest absolute Gasteiger partial charge is 0.391 e. The number of rotatable bonds is 9. The molecule has 3 aromatic carbocycles. The molecule has 9 nitrogen and oxygen atoms in total. The highest BCUT2D eigenvalue weighted by molar-refractivity contribution is 7.92. The summed E-state index contributed by atoms with van der Waals surface area (Å²) in [6.45, 7) is -0.0309. The van der Waals surface area contributed by atoms with Crippen molar-refractivity contribution in [1.29, 1.82) is 0 Å². The summed E-state index contributed by atoms with van der Waals surface area (Å²) >= 11 is 0. The number of benzene rings is 3. The third-order valence-corrected chi connectivity index (χ3v) is 10.0. The molecule has 0 N–H and O–H groups in total. The number of aromatic nitrogens is 3. The molecule has 1 aliphatic rings. The van der Waals surface area contributed by atoms with Gasteiger partial charge in [-0.15, -0.1) is 5.10 Å². The van der Waals surface area contributed by atoms with Crippen molar-refractivity contribution in [1.82, 2.24) is 14.8 Å². The van der Waals surface area contributed by atoms with Crippen LogP contribution in [0.5, 0.6) is 11.5 Å². The van der Waals surface area contributed by atoms with E-state index in [1.807, 2.05) is 0 Å². The normalized spacial score (nSPS) is 16.5. The number of halogens is 3. The fraction of sp³-hybridized carbons (Fsp3) is 0.242. The van der Waals surface area contributed by atoms with Crippen molar-refractivity contribution in [3.8, 4) is 17.2 Å². The lowest BCUT2D eigenvalue weighted by Crippen LogP contribution is -2.34. The van der Waals surface area contributed by atoms with Crippen molar-refractivity contribution < 1.29 is 31.1 Å². The summed E-state index contributed by atoms with van der Waals surface area (Å²) in [7, 11) is -1.21. The minimum atomic E-state index is -4.22. The molecule has 2 aromatic heterocycles. The van der Waals surface area contributed by atoms with Crippen LogP contribution in [0.1, 0.15) is 29.9 Å². The predicted octanol–water partition coefficient (Wildman–Crippen LogP) is 6.25. The maximum Gasteiger partial charge on any atom is 0.391 e. The first-order valence-electron chi connectivity index (χ1n) is 14.3. The van der Waals surface area contributed by atoms with Gasteiger partial charge in [0.2, 0.25) is 0 Å². The van der Waals surface area contributed by atoms with Crippen molar-refractivity contribution >= 4 is 26.7 Å². The molecule has 0 spiro atoms. The zero-order valence-electron chi connectivity index (χ0n) is 24.8. The quantitative estimate of drug-likeness (QED) is 0.186. The topological polar surface area (TPSA) is 104 Å². The monoisotopic (exact) mass is 650 g/mol. The first-order valence-corrected chi connectivity index (χ1v) is 15.8. The van der Waals surface area contributed by atoms with E-state index in [0.717, 1.165) is 4.31 Å². The lowest BCUT2D eigenvalue weighted by Gasteiger charge is -2.37. The van der Waals surface area contributed by atoms with Crippen LogP contribution in [0.2, 0.25) is 0 Å². The Balaban J connectivity index is 1.37. The lowest BCUT2D eigenvalue weighted by molar-refractivity contribution is -0.197. The number of hydrogen-bond acceptors (Lipinski definition) is 7. The highest BCUT2D eigenvalue weighted by Crippen LogP contribution is 2.50. The fourth-order valence-corrected chi connectivity index (χ4v) is 7.10. The first kappa shape index (κ1) is 31.1. The Morgan fingerprint density at radius 2 is 1.70 bits per heavy atom. The maximum absolute atomic E-state index is 14.1. The lowest BCUT2D eigenvalue weighted by atomic mass is 9.71. The largest absolute Gasteiger partial charge is 0.497 e. The second-order valence-electron chi connectivity index (χ2n) is 11.0. The van der Waals surface area contributed by atoms with Crippen LogP contribution >= 0.6 is 0 Å². The van der Waals surface area contributed by atoms with Gasteiger partial charge in [-0.05, 0) is 90.6 Å². The summed E-state index contributed by atoms with van der Waals surface area (Å²) in [6, 6.07) is 22.4. The Bertz CT molecular complexity index is 2050. The second kappa shape index (κ2) is 12.1. The van der Waals surface area contributed by atoms with E-state index < -0.39 is 27.7 Å². The van der Waals surface area contributed by atoms with Crippen LogP contribution in [0.25, 0.3) is 16.6 Å². The van der Waals surface area contributed by atoms with E-state index in [0.29, 0.717) is 39.2 Å². The Kier molecular flexibility index (Phi) is 8.19. The first-order chi connectivity index (χ1) is 22.0. The van der Waals surface area contributed by atoms with Crippen molar-refractivity contribution in [2.75, 3.05) is 18.5 Å². The number of hydrogen-bond donors (Lipinski definition) is 0. The van der Waals surface area contributed by atoms with Gasteiger partial charge in [-0.2, -0.15) is 18.3 Å². The molecule has 1 saturated carbocycles. The zero-order chi connectivity index (χ0) is 32.6. The number of alkyl halides is 3. The number of anilines is 1. The van der Waals surface area contributed by atoms with E-state index in [2.05, 4.69) is 10.2 Å². The number of nitrogens with zero attached hydrogens (tertiary/aromatic N) is 4. The molecule has 1 aliphatic carbocycles. The molecule has 5 aromatic rings. The Morgan fingerprint density at radius 3 is 2.35 bits per heavy atom. The van der Waals surface area contributed by atoms with Gasteiger partial charge in [-0.3, -0.25) is 9.36 Å². The molecule has 0 atom stereocenters. The van der Waals surface area contributed by atoms with Crippen LogP contribution in [-0.2, 0) is 16.6 Å². The minimum absolute atomic E-state index is 0.00150. The second-order valence-corrected chi connectivity index (χ2v) is 12.9. The van der Waals surface area contributed by atoms with Gasteiger partial charge in [0.1, 0.15) is 11.5 Å². The van der Waals surface area contributed by atoms with Gasteiger partial charge in [-0.1, -0.05) is 18.2 Å². The highest BCUT2D eigenvalue weighted by atomic mass is 32.2. The average Bonchev–Trinajstić information content (AvgIpc) is 3.02. The summed E-state index contributed by atoms with van der Waals surface area (Å²) < 4.78 is 80.8.